The van der Waals surface area contributed by atoms with Gasteiger partial charge in [0.1, 0.15) is 0 Å². The Morgan fingerprint density at radius 1 is 1.37 bits per heavy atom. The van der Waals surface area contributed by atoms with Gasteiger partial charge in [-0.05, 0) is 44.0 Å². The number of nitrogens with one attached hydrogen (secondary N) is 2. The summed E-state index contributed by atoms with van der Waals surface area (Å²) < 4.78 is 26.8. The quantitative estimate of drug-likeness (QED) is 0.868. The van der Waals surface area contributed by atoms with Gasteiger partial charge in [0.2, 0.25) is 15.9 Å². The van der Waals surface area contributed by atoms with Gasteiger partial charge in [0.05, 0.1) is 4.90 Å². The molecule has 0 saturated carbocycles. The van der Waals surface area contributed by atoms with E-state index >= 15 is 0 Å². The summed E-state index contributed by atoms with van der Waals surface area (Å²) in [6, 6.07) is 4.53. The Bertz CT molecular complexity index is 567. The largest absolute Gasteiger partial charge is 0.326 e. The molecule has 0 aliphatic heterocycles. The van der Waals surface area contributed by atoms with E-state index in [2.05, 4.69) is 10.0 Å². The second-order valence-corrected chi connectivity index (χ2v) is 6.30. The van der Waals surface area contributed by atoms with Crippen LogP contribution in [0.4, 0.5) is 5.69 Å². The van der Waals surface area contributed by atoms with Crippen LogP contribution >= 0.6 is 0 Å². The number of hydrogen-bond donors (Lipinski definition) is 2. The van der Waals surface area contributed by atoms with Gasteiger partial charge in [-0.2, -0.15) is 0 Å². The van der Waals surface area contributed by atoms with E-state index in [1.165, 1.54) is 13.0 Å². The predicted molar refractivity (Wildman–Crippen MR) is 75.6 cm³/mol. The molecule has 5 nitrogen and oxygen atoms in total. The molecule has 0 bridgehead atoms. The summed E-state index contributed by atoms with van der Waals surface area (Å²) in [5, 5.41) is 2.65. The lowest BCUT2D eigenvalue weighted by Crippen LogP contribution is -2.32. The Morgan fingerprint density at radius 2 is 2.00 bits per heavy atom. The highest BCUT2D eigenvalue weighted by Gasteiger charge is 2.17. The van der Waals surface area contributed by atoms with Crippen LogP contribution in [0.1, 0.15) is 32.8 Å². The lowest BCUT2D eigenvalue weighted by atomic mass is 10.2. The second kappa shape index (κ2) is 6.16. The Morgan fingerprint density at radius 3 is 2.47 bits per heavy atom. The van der Waals surface area contributed by atoms with Crippen LogP contribution in [0.2, 0.25) is 0 Å². The fourth-order valence-corrected chi connectivity index (χ4v) is 2.96. The average Bonchev–Trinajstić information content (AvgIpc) is 2.30. The van der Waals surface area contributed by atoms with Crippen LogP contribution in [0.15, 0.2) is 23.1 Å². The number of carbonyl (C=O) groups is 1. The summed E-state index contributed by atoms with van der Waals surface area (Å²) in [5.41, 5.74) is 1.33. The summed E-state index contributed by atoms with van der Waals surface area (Å²) in [6.07, 6.45) is 0.724. The van der Waals surface area contributed by atoms with Crippen molar-refractivity contribution in [3.63, 3.8) is 0 Å². The molecule has 0 unspecified atom stereocenters. The van der Waals surface area contributed by atoms with Crippen LogP contribution < -0.4 is 10.0 Å². The average molecular weight is 284 g/mol. The molecule has 1 aromatic carbocycles. The van der Waals surface area contributed by atoms with Crippen molar-refractivity contribution in [2.75, 3.05) is 5.32 Å². The minimum Gasteiger partial charge on any atom is -0.326 e. The summed E-state index contributed by atoms with van der Waals surface area (Å²) in [4.78, 5) is 11.2. The van der Waals surface area contributed by atoms with Crippen LogP contribution in [0.5, 0.6) is 0 Å². The monoisotopic (exact) mass is 284 g/mol. The van der Waals surface area contributed by atoms with Crippen molar-refractivity contribution in [2.45, 2.75) is 45.1 Å². The van der Waals surface area contributed by atoms with Crippen LogP contribution in [-0.4, -0.2) is 20.4 Å². The maximum absolute atomic E-state index is 12.1. The fourth-order valence-electron chi connectivity index (χ4n) is 1.55. The van der Waals surface area contributed by atoms with E-state index in [-0.39, 0.29) is 16.8 Å². The zero-order valence-electron chi connectivity index (χ0n) is 11.6. The van der Waals surface area contributed by atoms with Gasteiger partial charge >= 0.3 is 0 Å². The molecule has 1 aromatic rings. The molecule has 0 heterocycles. The van der Waals surface area contributed by atoms with E-state index < -0.39 is 10.0 Å². The van der Waals surface area contributed by atoms with Gasteiger partial charge < -0.3 is 5.32 Å². The van der Waals surface area contributed by atoms with Crippen LogP contribution in [0.3, 0.4) is 0 Å². The summed E-state index contributed by atoms with van der Waals surface area (Å²) >= 11 is 0. The van der Waals surface area contributed by atoms with Gasteiger partial charge in [0, 0.05) is 18.7 Å². The van der Waals surface area contributed by atoms with Crippen molar-refractivity contribution >= 4 is 21.6 Å². The molecule has 0 aliphatic carbocycles. The molecular weight excluding hydrogens is 264 g/mol. The van der Waals surface area contributed by atoms with Crippen molar-refractivity contribution in [2.24, 2.45) is 0 Å². The van der Waals surface area contributed by atoms with Crippen molar-refractivity contribution in [1.29, 1.82) is 0 Å². The Hall–Kier alpha value is -1.40. The van der Waals surface area contributed by atoms with Gasteiger partial charge in [-0.1, -0.05) is 6.92 Å². The third-order valence-electron chi connectivity index (χ3n) is 2.79. The van der Waals surface area contributed by atoms with Crippen LogP contribution in [0, 0.1) is 6.92 Å². The summed E-state index contributed by atoms with van der Waals surface area (Å²) in [6.45, 7) is 6.90. The van der Waals surface area contributed by atoms with Gasteiger partial charge in [-0.3, -0.25) is 4.79 Å². The van der Waals surface area contributed by atoms with Gasteiger partial charge in [0.15, 0.2) is 0 Å². The van der Waals surface area contributed by atoms with E-state index in [0.29, 0.717) is 11.3 Å². The van der Waals surface area contributed by atoms with Crippen LogP contribution in [0.25, 0.3) is 0 Å². The number of anilines is 1. The molecule has 1 atom stereocenters. The minimum absolute atomic E-state index is 0.111. The molecule has 1 amide bonds. The molecule has 106 valence electrons. The number of aryl methyl sites for hydroxylation is 1. The molecular formula is C13H20N2O3S. The van der Waals surface area contributed by atoms with Gasteiger partial charge in [-0.15, -0.1) is 0 Å². The zero-order chi connectivity index (χ0) is 14.6. The first-order valence-corrected chi connectivity index (χ1v) is 7.65. The minimum atomic E-state index is -3.50. The molecule has 0 radical (unpaired) electrons. The standard InChI is InChI=1S/C13H20N2O3S/c1-5-10(3)15-19(17,18)12-6-7-13(9(2)8-12)14-11(4)16/h6-8,10,15H,5H2,1-4H3,(H,14,16)/t10-/m1/s1. The first-order valence-electron chi connectivity index (χ1n) is 6.17. The molecule has 0 fully saturated rings. The fraction of sp³-hybridized carbons (Fsp3) is 0.462. The van der Waals surface area contributed by atoms with Crippen molar-refractivity contribution in [1.82, 2.24) is 4.72 Å². The Balaban J connectivity index is 3.03. The van der Waals surface area contributed by atoms with E-state index in [1.54, 1.807) is 19.1 Å². The zero-order valence-corrected chi connectivity index (χ0v) is 12.5. The number of rotatable bonds is 5. The first-order chi connectivity index (χ1) is 8.76. The maximum Gasteiger partial charge on any atom is 0.240 e. The number of sulfonamides is 1. The van der Waals surface area contributed by atoms with E-state index in [9.17, 15) is 13.2 Å². The molecule has 2 N–H and O–H groups in total. The lowest BCUT2D eigenvalue weighted by Gasteiger charge is -2.13. The Labute approximate surface area is 114 Å². The first kappa shape index (κ1) is 15.7. The number of benzene rings is 1. The summed E-state index contributed by atoms with van der Waals surface area (Å²) in [7, 11) is -3.50. The van der Waals surface area contributed by atoms with E-state index in [0.717, 1.165) is 6.42 Å². The highest BCUT2D eigenvalue weighted by molar-refractivity contribution is 7.89. The van der Waals surface area contributed by atoms with Crippen molar-refractivity contribution in [3.05, 3.63) is 23.8 Å². The van der Waals surface area contributed by atoms with Crippen LogP contribution in [-0.2, 0) is 14.8 Å². The number of carbonyl (C=O) groups excluding carboxylic acids is 1. The number of hydrogen-bond acceptors (Lipinski definition) is 3. The van der Waals surface area contributed by atoms with E-state index in [4.69, 9.17) is 0 Å². The third-order valence-corrected chi connectivity index (χ3v) is 4.37. The highest BCUT2D eigenvalue weighted by atomic mass is 32.2. The van der Waals surface area contributed by atoms with Gasteiger partial charge in [-0.25, -0.2) is 13.1 Å². The molecule has 19 heavy (non-hydrogen) atoms. The molecule has 0 saturated heterocycles. The maximum atomic E-state index is 12.1. The normalized spacial score (nSPS) is 13.1. The molecule has 1 rings (SSSR count). The molecule has 0 aromatic heterocycles. The molecule has 0 aliphatic rings. The predicted octanol–water partition coefficient (Wildman–Crippen LogP) is 2.03. The number of amides is 1. The summed E-state index contributed by atoms with van der Waals surface area (Å²) in [5.74, 6) is -0.184. The van der Waals surface area contributed by atoms with Crippen molar-refractivity contribution in [3.8, 4) is 0 Å². The third kappa shape index (κ3) is 4.33. The smallest absolute Gasteiger partial charge is 0.240 e. The second-order valence-electron chi connectivity index (χ2n) is 4.59. The topological polar surface area (TPSA) is 75.3 Å². The Kier molecular flexibility index (Phi) is 5.08. The van der Waals surface area contributed by atoms with E-state index in [1.807, 2.05) is 13.8 Å². The molecule has 6 heteroatoms. The molecule has 0 spiro atoms. The lowest BCUT2D eigenvalue weighted by molar-refractivity contribution is -0.114. The van der Waals surface area contributed by atoms with Crippen molar-refractivity contribution < 1.29 is 13.2 Å². The SMILES string of the molecule is CC[C@@H](C)NS(=O)(=O)c1ccc(NC(C)=O)c(C)c1. The highest BCUT2D eigenvalue weighted by Crippen LogP contribution is 2.20. The van der Waals surface area contributed by atoms with Gasteiger partial charge in [0.25, 0.3) is 0 Å².